The van der Waals surface area contributed by atoms with Crippen molar-refractivity contribution >= 4 is 5.88 Å². The average Bonchev–Trinajstić information content (AvgIpc) is 3.50. The molecule has 7 nitrogen and oxygen atoms in total. The second-order valence-corrected chi connectivity index (χ2v) is 9.53. The Balaban J connectivity index is 1.61. The van der Waals surface area contributed by atoms with Crippen LogP contribution in [0.4, 0.5) is 5.88 Å². The van der Waals surface area contributed by atoms with Gasteiger partial charge in [0.05, 0.1) is 31.0 Å². The van der Waals surface area contributed by atoms with E-state index in [0.717, 1.165) is 68.1 Å². The van der Waals surface area contributed by atoms with Gasteiger partial charge in [0.2, 0.25) is 5.88 Å². The van der Waals surface area contributed by atoms with Gasteiger partial charge in [0.25, 0.3) is 0 Å². The van der Waals surface area contributed by atoms with Crippen molar-refractivity contribution in [2.75, 3.05) is 44.4 Å². The molecule has 0 bridgehead atoms. The minimum Gasteiger partial charge on any atom is -0.389 e. The largest absolute Gasteiger partial charge is 0.389 e. The van der Waals surface area contributed by atoms with Gasteiger partial charge in [-0.25, -0.2) is 0 Å². The third-order valence-corrected chi connectivity index (χ3v) is 6.76. The van der Waals surface area contributed by atoms with Crippen LogP contribution in [-0.4, -0.2) is 72.9 Å². The molecule has 2 fully saturated rings. The van der Waals surface area contributed by atoms with Crippen LogP contribution < -0.4 is 4.90 Å². The number of aliphatic hydroxyl groups excluding tert-OH is 1. The summed E-state index contributed by atoms with van der Waals surface area (Å²) >= 11 is 0. The molecule has 0 saturated carbocycles. The minimum absolute atomic E-state index is 0.179. The second kappa shape index (κ2) is 12.5. The number of anilines is 1. The zero-order valence-electron chi connectivity index (χ0n) is 20.4. The molecular formula is C27H39N3O4. The predicted octanol–water partition coefficient (Wildman–Crippen LogP) is 4.26. The van der Waals surface area contributed by atoms with Gasteiger partial charge in [0, 0.05) is 44.4 Å². The molecular weight excluding hydrogens is 430 g/mol. The van der Waals surface area contributed by atoms with E-state index in [2.05, 4.69) is 40.6 Å². The average molecular weight is 470 g/mol. The molecule has 0 amide bonds. The third kappa shape index (κ3) is 6.48. The number of hydrogen-bond acceptors (Lipinski definition) is 7. The molecule has 0 radical (unpaired) electrons. The Morgan fingerprint density at radius 3 is 2.85 bits per heavy atom. The van der Waals surface area contributed by atoms with E-state index < -0.39 is 6.10 Å². The molecule has 3 heterocycles. The van der Waals surface area contributed by atoms with Crippen LogP contribution in [0.1, 0.15) is 44.6 Å². The Morgan fingerprint density at radius 1 is 1.26 bits per heavy atom. The van der Waals surface area contributed by atoms with Crippen LogP contribution >= 0.6 is 0 Å². The Morgan fingerprint density at radius 2 is 2.12 bits per heavy atom. The lowest BCUT2D eigenvalue weighted by atomic mass is 10.0. The summed E-state index contributed by atoms with van der Waals surface area (Å²) in [7, 11) is 0. The van der Waals surface area contributed by atoms with E-state index in [-0.39, 0.29) is 12.7 Å². The van der Waals surface area contributed by atoms with Gasteiger partial charge in [-0.15, -0.1) is 6.58 Å². The summed E-state index contributed by atoms with van der Waals surface area (Å²) in [5, 5.41) is 15.3. The normalized spacial score (nSPS) is 21.8. The smallest absolute Gasteiger partial charge is 0.232 e. The van der Waals surface area contributed by atoms with Crippen molar-refractivity contribution in [2.45, 2.75) is 63.8 Å². The summed E-state index contributed by atoms with van der Waals surface area (Å²) in [6.45, 7) is 10.3. The highest BCUT2D eigenvalue weighted by molar-refractivity contribution is 5.68. The van der Waals surface area contributed by atoms with Crippen LogP contribution in [0.3, 0.4) is 0 Å². The number of benzene rings is 1. The van der Waals surface area contributed by atoms with Crippen molar-refractivity contribution in [1.29, 1.82) is 0 Å². The number of ether oxygens (including phenoxy) is 2. The Labute approximate surface area is 203 Å². The fourth-order valence-corrected chi connectivity index (χ4v) is 5.03. The van der Waals surface area contributed by atoms with Gasteiger partial charge in [0.15, 0.2) is 0 Å². The zero-order chi connectivity index (χ0) is 23.8. The molecule has 4 rings (SSSR count). The maximum atomic E-state index is 10.7. The van der Waals surface area contributed by atoms with Gasteiger partial charge in [-0.05, 0) is 39.0 Å². The highest BCUT2D eigenvalue weighted by Crippen LogP contribution is 2.35. The van der Waals surface area contributed by atoms with Gasteiger partial charge >= 0.3 is 0 Å². The van der Waals surface area contributed by atoms with E-state index >= 15 is 0 Å². The van der Waals surface area contributed by atoms with Gasteiger partial charge in [-0.2, -0.15) is 0 Å². The number of hydrogen-bond donors (Lipinski definition) is 1. The van der Waals surface area contributed by atoms with Crippen molar-refractivity contribution in [2.24, 2.45) is 0 Å². The molecule has 1 aromatic carbocycles. The number of aliphatic hydroxyl groups is 1. The summed E-state index contributed by atoms with van der Waals surface area (Å²) in [4.78, 5) is 4.64. The quantitative estimate of drug-likeness (QED) is 0.368. The molecule has 34 heavy (non-hydrogen) atoms. The molecule has 2 aliphatic heterocycles. The highest BCUT2D eigenvalue weighted by atomic mass is 16.5. The van der Waals surface area contributed by atoms with Crippen molar-refractivity contribution in [3.8, 4) is 11.3 Å². The van der Waals surface area contributed by atoms with Gasteiger partial charge < -0.3 is 24.0 Å². The lowest BCUT2D eigenvalue weighted by molar-refractivity contribution is 0.00858. The topological polar surface area (TPSA) is 71.2 Å². The van der Waals surface area contributed by atoms with E-state index in [1.807, 2.05) is 18.2 Å². The molecule has 0 spiro atoms. The lowest BCUT2D eigenvalue weighted by Gasteiger charge is -2.34. The molecule has 186 valence electrons. The van der Waals surface area contributed by atoms with E-state index in [1.54, 1.807) is 6.08 Å². The number of rotatable bonds is 12. The molecule has 7 heteroatoms. The molecule has 2 aromatic rings. The first-order valence-electron chi connectivity index (χ1n) is 12.7. The van der Waals surface area contributed by atoms with Gasteiger partial charge in [-0.3, -0.25) is 4.90 Å². The van der Waals surface area contributed by atoms with Crippen LogP contribution in [0, 0.1) is 0 Å². The van der Waals surface area contributed by atoms with Gasteiger partial charge in [0.1, 0.15) is 5.69 Å². The summed E-state index contributed by atoms with van der Waals surface area (Å²) in [6, 6.07) is 10.6. The first-order chi connectivity index (χ1) is 16.7. The van der Waals surface area contributed by atoms with E-state index in [4.69, 9.17) is 14.0 Å². The Bertz CT molecular complexity index is 881. The number of nitrogens with zero attached hydrogens (tertiary/aromatic N) is 3. The van der Waals surface area contributed by atoms with Crippen molar-refractivity contribution < 1.29 is 19.1 Å². The van der Waals surface area contributed by atoms with Gasteiger partial charge in [-0.1, -0.05) is 41.6 Å². The summed E-state index contributed by atoms with van der Waals surface area (Å²) in [6.07, 6.45) is 6.97. The van der Waals surface area contributed by atoms with Crippen LogP contribution in [0.25, 0.3) is 11.3 Å². The van der Waals surface area contributed by atoms with Crippen molar-refractivity contribution in [3.05, 3.63) is 48.6 Å². The number of aromatic nitrogens is 1. The van der Waals surface area contributed by atoms with Crippen LogP contribution in [-0.2, 0) is 16.0 Å². The van der Waals surface area contributed by atoms with Crippen LogP contribution in [0.5, 0.6) is 0 Å². The molecule has 3 atom stereocenters. The third-order valence-electron chi connectivity index (χ3n) is 6.76. The zero-order valence-corrected chi connectivity index (χ0v) is 20.4. The SMILES string of the molecule is C=CCOC[C@H](O)CN(Cc1c(-c2ccccc2)noc1N1CCCC[C@H]1C)C[C@H]1CCCO1. The molecule has 0 unspecified atom stereocenters. The molecule has 0 aliphatic carbocycles. The molecule has 2 saturated heterocycles. The first-order valence-corrected chi connectivity index (χ1v) is 12.7. The Hall–Kier alpha value is -2.19. The molecule has 1 aromatic heterocycles. The number of piperidine rings is 1. The Kier molecular flexibility index (Phi) is 9.16. The monoisotopic (exact) mass is 469 g/mol. The summed E-state index contributed by atoms with van der Waals surface area (Å²) < 4.78 is 17.5. The highest BCUT2D eigenvalue weighted by Gasteiger charge is 2.30. The molecule has 1 N–H and O–H groups in total. The standard InChI is InChI=1S/C27H39N3O4/c1-3-15-32-20-23(31)17-29(18-24-13-9-16-33-24)19-25-26(22-11-5-4-6-12-22)28-34-27(25)30-14-8-7-10-21(30)2/h3-6,11-12,21,23-24,31H,1,7-10,13-20H2,2H3/t21-,23-,24-/m1/s1. The van der Waals surface area contributed by atoms with Crippen LogP contribution in [0.2, 0.25) is 0 Å². The predicted molar refractivity (Wildman–Crippen MR) is 134 cm³/mol. The lowest BCUT2D eigenvalue weighted by Crippen LogP contribution is -2.40. The summed E-state index contributed by atoms with van der Waals surface area (Å²) in [5.41, 5.74) is 3.00. The van der Waals surface area contributed by atoms with Crippen molar-refractivity contribution in [1.82, 2.24) is 10.1 Å². The first kappa shape index (κ1) is 24.9. The van der Waals surface area contributed by atoms with E-state index in [9.17, 15) is 5.11 Å². The fourth-order valence-electron chi connectivity index (χ4n) is 5.03. The fraction of sp³-hybridized carbons (Fsp3) is 0.593. The molecule has 2 aliphatic rings. The van der Waals surface area contributed by atoms with Crippen molar-refractivity contribution in [3.63, 3.8) is 0 Å². The maximum Gasteiger partial charge on any atom is 0.232 e. The maximum absolute atomic E-state index is 10.7. The second-order valence-electron chi connectivity index (χ2n) is 9.53. The van der Waals surface area contributed by atoms with Crippen LogP contribution in [0.15, 0.2) is 47.5 Å². The minimum atomic E-state index is -0.598. The van der Waals surface area contributed by atoms with E-state index in [1.165, 1.54) is 6.42 Å². The summed E-state index contributed by atoms with van der Waals surface area (Å²) in [5.74, 6) is 0.862. The van der Waals surface area contributed by atoms with E-state index in [0.29, 0.717) is 25.7 Å².